The van der Waals surface area contributed by atoms with E-state index in [0.29, 0.717) is 12.5 Å². The van der Waals surface area contributed by atoms with E-state index in [1.165, 1.54) is 27.6 Å². The van der Waals surface area contributed by atoms with Gasteiger partial charge in [-0.3, -0.25) is 0 Å². The summed E-state index contributed by atoms with van der Waals surface area (Å²) in [4.78, 5) is 12.2. The van der Waals surface area contributed by atoms with Gasteiger partial charge in [0.15, 0.2) is 0 Å². The van der Waals surface area contributed by atoms with Crippen molar-refractivity contribution in [3.8, 4) is 0 Å². The number of fused-ring (bicyclic) bond motifs is 1. The minimum absolute atomic E-state index is 0.633. The number of rotatable bonds is 7. The number of benzene rings is 2. The molecule has 0 bridgehead atoms. The number of H-pyrrole nitrogens is 1. The van der Waals surface area contributed by atoms with Crippen molar-refractivity contribution in [3.63, 3.8) is 0 Å². The molecule has 0 unspecified atom stereocenters. The fraction of sp³-hybridized carbons (Fsp3) is 0.182. The van der Waals surface area contributed by atoms with Gasteiger partial charge in [-0.1, -0.05) is 48.0 Å². The quantitative estimate of drug-likeness (QED) is 0.454. The van der Waals surface area contributed by atoms with E-state index in [1.54, 1.807) is 6.20 Å². The number of aryl methyl sites for hydroxylation is 1. The third-order valence-corrected chi connectivity index (χ3v) is 4.56. The van der Waals surface area contributed by atoms with Crippen molar-refractivity contribution < 1.29 is 0 Å². The zero-order valence-electron chi connectivity index (χ0n) is 15.4. The van der Waals surface area contributed by atoms with Gasteiger partial charge < -0.3 is 15.6 Å². The minimum atomic E-state index is 0.633. The molecule has 136 valence electrons. The lowest BCUT2D eigenvalue weighted by molar-refractivity contribution is 0.996. The highest BCUT2D eigenvalue weighted by molar-refractivity contribution is 5.83. The molecule has 0 radical (unpaired) electrons. The fourth-order valence-electron chi connectivity index (χ4n) is 3.21. The van der Waals surface area contributed by atoms with Crippen molar-refractivity contribution >= 4 is 22.7 Å². The molecule has 0 spiro atoms. The van der Waals surface area contributed by atoms with Crippen molar-refractivity contribution in [2.24, 2.45) is 0 Å². The molecule has 5 nitrogen and oxygen atoms in total. The van der Waals surface area contributed by atoms with Gasteiger partial charge in [0.2, 0.25) is 5.95 Å². The van der Waals surface area contributed by atoms with Crippen molar-refractivity contribution in [2.45, 2.75) is 19.9 Å². The van der Waals surface area contributed by atoms with Gasteiger partial charge in [0, 0.05) is 36.4 Å². The first kappa shape index (κ1) is 17.1. The van der Waals surface area contributed by atoms with Crippen molar-refractivity contribution in [3.05, 3.63) is 83.7 Å². The van der Waals surface area contributed by atoms with E-state index in [1.807, 2.05) is 12.1 Å². The fourth-order valence-corrected chi connectivity index (χ4v) is 3.21. The average Bonchev–Trinajstić information content (AvgIpc) is 3.10. The second-order valence-corrected chi connectivity index (χ2v) is 6.64. The monoisotopic (exact) mass is 357 g/mol. The molecular formula is C22H23N5. The molecule has 4 aromatic rings. The van der Waals surface area contributed by atoms with Gasteiger partial charge in [0.05, 0.1) is 0 Å². The Morgan fingerprint density at radius 2 is 1.93 bits per heavy atom. The Hall–Kier alpha value is -3.34. The zero-order chi connectivity index (χ0) is 18.5. The molecule has 27 heavy (non-hydrogen) atoms. The number of nitrogens with zero attached hydrogens (tertiary/aromatic N) is 2. The lowest BCUT2D eigenvalue weighted by Crippen LogP contribution is -2.09. The number of aromatic nitrogens is 3. The summed E-state index contributed by atoms with van der Waals surface area (Å²) in [6, 6.07) is 18.7. The Balaban J connectivity index is 1.34. The van der Waals surface area contributed by atoms with Crippen molar-refractivity contribution in [2.75, 3.05) is 17.2 Å². The van der Waals surface area contributed by atoms with Gasteiger partial charge in [0.1, 0.15) is 5.82 Å². The van der Waals surface area contributed by atoms with Crippen LogP contribution >= 0.6 is 0 Å². The number of aromatic amines is 1. The van der Waals surface area contributed by atoms with E-state index < -0.39 is 0 Å². The summed E-state index contributed by atoms with van der Waals surface area (Å²) in [5.74, 6) is 1.46. The summed E-state index contributed by atoms with van der Waals surface area (Å²) in [5, 5.41) is 7.96. The number of hydrogen-bond donors (Lipinski definition) is 3. The van der Waals surface area contributed by atoms with Crippen LogP contribution in [0.25, 0.3) is 10.9 Å². The Morgan fingerprint density at radius 3 is 2.85 bits per heavy atom. The highest BCUT2D eigenvalue weighted by Gasteiger charge is 2.04. The summed E-state index contributed by atoms with van der Waals surface area (Å²) in [6.07, 6.45) is 4.79. The van der Waals surface area contributed by atoms with Crippen molar-refractivity contribution in [1.82, 2.24) is 15.0 Å². The molecule has 0 atom stereocenters. The SMILES string of the molecule is Cc1cccc(CNc2nccc(NCCc3c[nH]c4ccccc34)n2)c1. The van der Waals surface area contributed by atoms with Gasteiger partial charge in [-0.05, 0) is 36.6 Å². The van der Waals surface area contributed by atoms with Gasteiger partial charge in [-0.25, -0.2) is 4.98 Å². The molecule has 2 aromatic heterocycles. The summed E-state index contributed by atoms with van der Waals surface area (Å²) < 4.78 is 0. The van der Waals surface area contributed by atoms with E-state index in [9.17, 15) is 0 Å². The molecule has 0 saturated carbocycles. The standard InChI is InChI=1S/C22H23N5/c1-16-5-4-6-17(13-16)14-26-22-24-12-10-21(27-22)23-11-9-18-15-25-20-8-3-2-7-19(18)20/h2-8,10,12-13,15,25H,9,11,14H2,1H3,(H2,23,24,26,27). The van der Waals surface area contributed by atoms with E-state index in [2.05, 4.69) is 81.2 Å². The van der Waals surface area contributed by atoms with E-state index in [-0.39, 0.29) is 0 Å². The Bertz CT molecular complexity index is 1040. The number of anilines is 2. The number of para-hydroxylation sites is 1. The second-order valence-electron chi connectivity index (χ2n) is 6.64. The van der Waals surface area contributed by atoms with Crippen LogP contribution in [0, 0.1) is 6.92 Å². The summed E-state index contributed by atoms with van der Waals surface area (Å²) in [5.41, 5.74) is 4.96. The van der Waals surface area contributed by atoms with Crippen LogP contribution in [0.3, 0.4) is 0 Å². The first-order chi connectivity index (χ1) is 13.3. The summed E-state index contributed by atoms with van der Waals surface area (Å²) in [7, 11) is 0. The summed E-state index contributed by atoms with van der Waals surface area (Å²) >= 11 is 0. The maximum absolute atomic E-state index is 4.55. The third-order valence-electron chi connectivity index (χ3n) is 4.56. The maximum Gasteiger partial charge on any atom is 0.224 e. The maximum atomic E-state index is 4.55. The molecular weight excluding hydrogens is 334 g/mol. The van der Waals surface area contributed by atoms with Crippen LogP contribution in [0.1, 0.15) is 16.7 Å². The molecule has 0 aliphatic heterocycles. The molecule has 2 aromatic carbocycles. The molecule has 2 heterocycles. The van der Waals surface area contributed by atoms with Gasteiger partial charge in [-0.2, -0.15) is 4.98 Å². The van der Waals surface area contributed by atoms with Crippen LogP contribution in [0.15, 0.2) is 67.0 Å². The zero-order valence-corrected chi connectivity index (χ0v) is 15.4. The lowest BCUT2D eigenvalue weighted by Gasteiger charge is -2.09. The summed E-state index contributed by atoms with van der Waals surface area (Å²) in [6.45, 7) is 3.62. The Morgan fingerprint density at radius 1 is 1.00 bits per heavy atom. The third kappa shape index (κ3) is 4.26. The van der Waals surface area contributed by atoms with Crippen LogP contribution < -0.4 is 10.6 Å². The van der Waals surface area contributed by atoms with Gasteiger partial charge in [0.25, 0.3) is 0 Å². The van der Waals surface area contributed by atoms with E-state index in [4.69, 9.17) is 0 Å². The predicted octanol–water partition coefficient (Wildman–Crippen LogP) is 4.53. The van der Waals surface area contributed by atoms with Crippen LogP contribution in [0.2, 0.25) is 0 Å². The molecule has 4 rings (SSSR count). The molecule has 0 aliphatic rings. The largest absolute Gasteiger partial charge is 0.370 e. The minimum Gasteiger partial charge on any atom is -0.370 e. The highest BCUT2D eigenvalue weighted by atomic mass is 15.1. The molecule has 0 saturated heterocycles. The van der Waals surface area contributed by atoms with Gasteiger partial charge >= 0.3 is 0 Å². The first-order valence-corrected chi connectivity index (χ1v) is 9.19. The van der Waals surface area contributed by atoms with Crippen LogP contribution in [0.5, 0.6) is 0 Å². The first-order valence-electron chi connectivity index (χ1n) is 9.19. The normalized spacial score (nSPS) is 10.9. The molecule has 0 amide bonds. The molecule has 0 fully saturated rings. The molecule has 5 heteroatoms. The molecule has 3 N–H and O–H groups in total. The van der Waals surface area contributed by atoms with Crippen LogP contribution in [-0.2, 0) is 13.0 Å². The second kappa shape index (κ2) is 7.91. The topological polar surface area (TPSA) is 65.6 Å². The number of nitrogens with one attached hydrogen (secondary N) is 3. The highest BCUT2D eigenvalue weighted by Crippen LogP contribution is 2.18. The van der Waals surface area contributed by atoms with Crippen LogP contribution in [-0.4, -0.2) is 21.5 Å². The molecule has 0 aliphatic carbocycles. The number of hydrogen-bond acceptors (Lipinski definition) is 4. The predicted molar refractivity (Wildman–Crippen MR) is 111 cm³/mol. The Labute approximate surface area is 158 Å². The lowest BCUT2D eigenvalue weighted by atomic mass is 10.1. The van der Waals surface area contributed by atoms with Crippen LogP contribution in [0.4, 0.5) is 11.8 Å². The van der Waals surface area contributed by atoms with Crippen molar-refractivity contribution in [1.29, 1.82) is 0 Å². The smallest absolute Gasteiger partial charge is 0.224 e. The van der Waals surface area contributed by atoms with Gasteiger partial charge in [-0.15, -0.1) is 0 Å². The van der Waals surface area contributed by atoms with E-state index in [0.717, 1.165) is 18.8 Å². The Kier molecular flexibility index (Phi) is 5.01. The average molecular weight is 357 g/mol. The van der Waals surface area contributed by atoms with E-state index >= 15 is 0 Å².